The predicted octanol–water partition coefficient (Wildman–Crippen LogP) is 4.28. The number of fused-ring (bicyclic) bond motifs is 1. The van der Waals surface area contributed by atoms with Gasteiger partial charge in [0.1, 0.15) is 30.0 Å². The molecule has 15 heteroatoms. The first-order chi connectivity index (χ1) is 26.9. The van der Waals surface area contributed by atoms with Gasteiger partial charge < -0.3 is 36.3 Å². The molecule has 0 saturated carbocycles. The summed E-state index contributed by atoms with van der Waals surface area (Å²) in [5.41, 5.74) is 4.35. The van der Waals surface area contributed by atoms with E-state index in [0.29, 0.717) is 12.8 Å². The van der Waals surface area contributed by atoms with E-state index in [0.717, 1.165) is 37.6 Å². The van der Waals surface area contributed by atoms with Crippen molar-refractivity contribution in [3.05, 3.63) is 106 Å². The number of likely N-dealkylation sites (tertiary alicyclic amines) is 1. The molecular weight excluding hydrogens is 804 g/mol. The first kappa shape index (κ1) is 41.9. The predicted molar refractivity (Wildman–Crippen MR) is 216 cm³/mol. The van der Waals surface area contributed by atoms with Gasteiger partial charge >= 0.3 is 5.97 Å². The molecule has 5 rings (SSSR count). The number of halogens is 2. The van der Waals surface area contributed by atoms with Gasteiger partial charge in [-0.05, 0) is 61.4 Å². The van der Waals surface area contributed by atoms with E-state index in [4.69, 9.17) is 11.6 Å². The number of piperidine rings is 1. The van der Waals surface area contributed by atoms with Gasteiger partial charge in [-0.15, -0.1) is 11.6 Å². The molecule has 0 aliphatic carbocycles. The van der Waals surface area contributed by atoms with Gasteiger partial charge in [0.2, 0.25) is 29.5 Å². The summed E-state index contributed by atoms with van der Waals surface area (Å²) < 4.78 is 0.764. The normalized spacial score (nSPS) is 15.6. The zero-order valence-electron chi connectivity index (χ0n) is 31.0. The van der Waals surface area contributed by atoms with Gasteiger partial charge in [0.15, 0.2) is 0 Å². The topological polar surface area (TPSA) is 190 Å². The fraction of sp³-hybridized carbons (Fsp3) is 0.366. The van der Waals surface area contributed by atoms with Crippen LogP contribution in [0.25, 0.3) is 10.9 Å². The van der Waals surface area contributed by atoms with Crippen LogP contribution in [-0.4, -0.2) is 87.1 Å². The fourth-order valence-corrected chi connectivity index (χ4v) is 7.33. The van der Waals surface area contributed by atoms with E-state index in [9.17, 15) is 33.9 Å². The molecule has 0 spiro atoms. The van der Waals surface area contributed by atoms with E-state index in [2.05, 4.69) is 42.2 Å². The second kappa shape index (κ2) is 20.1. The van der Waals surface area contributed by atoms with Crippen LogP contribution in [0.5, 0.6) is 0 Å². The van der Waals surface area contributed by atoms with Crippen LogP contribution < -0.4 is 21.3 Å². The van der Waals surface area contributed by atoms with Crippen molar-refractivity contribution in [2.75, 3.05) is 12.4 Å². The number of amides is 5. The zero-order valence-corrected chi connectivity index (χ0v) is 33.3. The molecule has 1 aliphatic heterocycles. The zero-order chi connectivity index (χ0) is 40.2. The number of aromatic amines is 1. The maximum absolute atomic E-state index is 14.4. The van der Waals surface area contributed by atoms with Crippen LogP contribution >= 0.6 is 27.5 Å². The smallest absolute Gasteiger partial charge is 0.303 e. The first-order valence-electron chi connectivity index (χ1n) is 18.5. The molecule has 4 unspecified atom stereocenters. The Hall–Kier alpha value is -5.21. The number of H-pyrrole nitrogens is 1. The Morgan fingerprint density at radius 1 is 0.857 bits per heavy atom. The Morgan fingerprint density at radius 2 is 1.55 bits per heavy atom. The lowest BCUT2D eigenvalue weighted by atomic mass is 9.97. The number of para-hydroxylation sites is 1. The van der Waals surface area contributed by atoms with Gasteiger partial charge in [-0.3, -0.25) is 28.8 Å². The number of carbonyl (C=O) groups excluding carboxylic acids is 5. The molecule has 4 atom stereocenters. The second-order valence-corrected chi connectivity index (χ2v) is 15.0. The van der Waals surface area contributed by atoms with Gasteiger partial charge in [-0.2, -0.15) is 0 Å². The fourth-order valence-electron chi connectivity index (χ4n) is 6.81. The molecule has 4 aromatic rings. The van der Waals surface area contributed by atoms with Gasteiger partial charge in [-0.25, -0.2) is 0 Å². The monoisotopic (exact) mass is 848 g/mol. The van der Waals surface area contributed by atoms with Gasteiger partial charge in [0.25, 0.3) is 0 Å². The number of carboxylic acids is 1. The van der Waals surface area contributed by atoms with Crippen molar-refractivity contribution in [2.45, 2.75) is 82.6 Å². The highest BCUT2D eigenvalue weighted by molar-refractivity contribution is 9.10. The molecule has 1 aliphatic rings. The van der Waals surface area contributed by atoms with Crippen molar-refractivity contribution in [2.24, 2.45) is 0 Å². The van der Waals surface area contributed by atoms with Crippen LogP contribution in [0.1, 0.15) is 54.4 Å². The lowest BCUT2D eigenvalue weighted by Crippen LogP contribution is -2.61. The minimum atomic E-state index is -1.22. The minimum Gasteiger partial charge on any atom is -0.481 e. The lowest BCUT2D eigenvalue weighted by molar-refractivity contribution is -0.146. The molecule has 13 nitrogen and oxygen atoms in total. The molecule has 56 heavy (non-hydrogen) atoms. The van der Waals surface area contributed by atoms with E-state index >= 15 is 0 Å². The van der Waals surface area contributed by atoms with Crippen LogP contribution in [0, 0.1) is 6.92 Å². The Labute approximate surface area is 338 Å². The number of hydrogen-bond acceptors (Lipinski definition) is 6. The summed E-state index contributed by atoms with van der Waals surface area (Å²) in [6, 6.07) is 18.3. The van der Waals surface area contributed by atoms with Crippen molar-refractivity contribution in [3.8, 4) is 0 Å². The van der Waals surface area contributed by atoms with E-state index in [1.54, 1.807) is 6.20 Å². The molecule has 296 valence electrons. The van der Waals surface area contributed by atoms with Crippen LogP contribution in [0.4, 0.5) is 0 Å². The van der Waals surface area contributed by atoms with E-state index < -0.39 is 72.0 Å². The van der Waals surface area contributed by atoms with Gasteiger partial charge in [0.05, 0.1) is 0 Å². The van der Waals surface area contributed by atoms with Crippen molar-refractivity contribution in [1.29, 1.82) is 0 Å². The number of rotatable bonds is 17. The molecule has 2 heterocycles. The molecule has 0 radical (unpaired) electrons. The molecular formula is C41H46BrClN6O7. The molecule has 5 amide bonds. The van der Waals surface area contributed by atoms with Crippen LogP contribution in [0.15, 0.2) is 83.5 Å². The van der Waals surface area contributed by atoms with Crippen molar-refractivity contribution >= 4 is 73.9 Å². The molecule has 1 aromatic heterocycles. The highest BCUT2D eigenvalue weighted by Gasteiger charge is 2.38. The van der Waals surface area contributed by atoms with Crippen LogP contribution in [0.2, 0.25) is 0 Å². The van der Waals surface area contributed by atoms with Crippen LogP contribution in [-0.2, 0) is 48.2 Å². The maximum atomic E-state index is 14.4. The van der Waals surface area contributed by atoms with E-state index in [1.807, 2.05) is 79.7 Å². The number of alkyl halides is 1. The minimum absolute atomic E-state index is 0.0575. The molecule has 3 aromatic carbocycles. The van der Waals surface area contributed by atoms with Crippen molar-refractivity contribution in [3.63, 3.8) is 0 Å². The van der Waals surface area contributed by atoms with E-state index in [1.165, 1.54) is 4.90 Å². The summed E-state index contributed by atoms with van der Waals surface area (Å²) in [6.45, 7) is 2.40. The average molecular weight is 850 g/mol. The Morgan fingerprint density at radius 3 is 2.29 bits per heavy atom. The summed E-state index contributed by atoms with van der Waals surface area (Å²) in [5.74, 6) is -4.45. The summed E-state index contributed by atoms with van der Waals surface area (Å²) in [6.07, 6.45) is 2.86. The van der Waals surface area contributed by atoms with Gasteiger partial charge in [0, 0.05) is 53.9 Å². The largest absolute Gasteiger partial charge is 0.481 e. The average Bonchev–Trinajstić information content (AvgIpc) is 3.61. The number of nitrogens with zero attached hydrogens (tertiary/aromatic N) is 1. The molecule has 1 fully saturated rings. The standard InChI is InChI=1S/C41H46BrClN6O7/c1-25-13-15-26(16-14-25)23-45-38(53)33(20-27-8-2-4-10-30(27)42)47-39(54)34(21-28-24-44-31-11-5-3-9-29(28)31)48-40(55)35-12-6-7-19-49(35)41(56)32(17-18-37(51)52)46-36(50)22-43/h2-5,8-11,13-16,24,32-35,44H,6-7,12,17-23H2,1H3,(H,45,53)(H,46,50)(H,47,54)(H,48,55)(H,51,52). The Balaban J connectivity index is 1.41. The number of benzene rings is 3. The maximum Gasteiger partial charge on any atom is 0.303 e. The first-order valence-corrected chi connectivity index (χ1v) is 19.9. The summed E-state index contributed by atoms with van der Waals surface area (Å²) in [7, 11) is 0. The second-order valence-electron chi connectivity index (χ2n) is 13.9. The van der Waals surface area contributed by atoms with Gasteiger partial charge in [-0.1, -0.05) is 82.2 Å². The molecule has 0 bridgehead atoms. The van der Waals surface area contributed by atoms with Crippen LogP contribution in [0.3, 0.4) is 0 Å². The number of nitrogens with one attached hydrogen (secondary N) is 5. The third-order valence-corrected chi connectivity index (χ3v) is 10.8. The summed E-state index contributed by atoms with van der Waals surface area (Å²) >= 11 is 9.24. The number of aliphatic carboxylic acids is 1. The Bertz CT molecular complexity index is 2040. The summed E-state index contributed by atoms with van der Waals surface area (Å²) in [5, 5.41) is 21.4. The number of carboxylic acid groups (broad SMARTS) is 1. The summed E-state index contributed by atoms with van der Waals surface area (Å²) in [4.78, 5) is 84.5. The highest BCUT2D eigenvalue weighted by atomic mass is 79.9. The number of aromatic nitrogens is 1. The molecule has 1 saturated heterocycles. The SMILES string of the molecule is Cc1ccc(CNC(=O)C(Cc2ccccc2Br)NC(=O)C(Cc2c[nH]c3ccccc23)NC(=O)C2CCCCN2C(=O)C(CCC(=O)O)NC(=O)CCl)cc1. The third-order valence-electron chi connectivity index (χ3n) is 9.82. The van der Waals surface area contributed by atoms with Crippen molar-refractivity contribution < 1.29 is 33.9 Å². The quantitative estimate of drug-likeness (QED) is 0.0856. The Kier molecular flexibility index (Phi) is 15.1. The number of hydrogen-bond donors (Lipinski definition) is 6. The van der Waals surface area contributed by atoms with Crippen molar-refractivity contribution in [1.82, 2.24) is 31.2 Å². The number of carbonyl (C=O) groups is 6. The highest BCUT2D eigenvalue weighted by Crippen LogP contribution is 2.23. The third kappa shape index (κ3) is 11.4. The number of aryl methyl sites for hydroxylation is 1. The lowest BCUT2D eigenvalue weighted by Gasteiger charge is -2.37. The molecule has 6 N–H and O–H groups in total. The van der Waals surface area contributed by atoms with E-state index in [-0.39, 0.29) is 38.8 Å².